The molecule has 0 bridgehead atoms. The van der Waals surface area contributed by atoms with E-state index in [1.807, 2.05) is 12.2 Å². The van der Waals surface area contributed by atoms with Crippen LogP contribution in [0.25, 0.3) is 0 Å². The zero-order chi connectivity index (χ0) is 10.8. The zero-order valence-corrected chi connectivity index (χ0v) is 9.72. The van der Waals surface area contributed by atoms with Gasteiger partial charge in [0, 0.05) is 12.4 Å². The Labute approximate surface area is 92.1 Å². The van der Waals surface area contributed by atoms with Crippen LogP contribution in [0.15, 0.2) is 24.6 Å². The number of nitrogens with zero attached hydrogens (tertiary/aromatic N) is 1. The van der Waals surface area contributed by atoms with Crippen molar-refractivity contribution in [2.75, 3.05) is 0 Å². The van der Waals surface area contributed by atoms with Crippen molar-refractivity contribution in [3.05, 3.63) is 24.6 Å². The van der Waals surface area contributed by atoms with Crippen LogP contribution in [-0.2, 0) is 0 Å². The van der Waals surface area contributed by atoms with Gasteiger partial charge in [-0.1, -0.05) is 38.8 Å². The van der Waals surface area contributed by atoms with Crippen LogP contribution in [0, 0.1) is 0 Å². The lowest BCUT2D eigenvalue weighted by Gasteiger charge is -2.07. The first-order valence-electron chi connectivity index (χ1n) is 5.05. The van der Waals surface area contributed by atoms with Crippen molar-refractivity contribution in [2.24, 2.45) is 0 Å². The van der Waals surface area contributed by atoms with Crippen LogP contribution in [0.1, 0.15) is 39.5 Å². The van der Waals surface area contributed by atoms with Gasteiger partial charge in [0.15, 0.2) is 0 Å². The van der Waals surface area contributed by atoms with Gasteiger partial charge in [0.1, 0.15) is 0 Å². The van der Waals surface area contributed by atoms with Gasteiger partial charge in [-0.3, -0.25) is 9.69 Å². The standard InChI is InChI=1S/C11H18NOS/c1-3-5-7-9-12(11(13)14)10-8-6-4-2/h7-10H,3-6H2,1-2H3. The summed E-state index contributed by atoms with van der Waals surface area (Å²) in [5.41, 5.74) is 0. The van der Waals surface area contributed by atoms with Crippen LogP contribution in [0.4, 0.5) is 4.79 Å². The predicted molar refractivity (Wildman–Crippen MR) is 62.9 cm³/mol. The molecule has 0 N–H and O–H groups in total. The molecule has 1 radical (unpaired) electrons. The molecule has 0 aliphatic rings. The Hall–Kier alpha value is -0.830. The molecular weight excluding hydrogens is 194 g/mol. The first-order chi connectivity index (χ1) is 6.72. The molecule has 0 atom stereocenters. The van der Waals surface area contributed by atoms with Crippen molar-refractivity contribution in [1.29, 1.82) is 0 Å². The second kappa shape index (κ2) is 8.75. The predicted octanol–water partition coefficient (Wildman–Crippen LogP) is 4.23. The van der Waals surface area contributed by atoms with Gasteiger partial charge in [0.2, 0.25) is 0 Å². The monoisotopic (exact) mass is 212 g/mol. The number of rotatable bonds is 6. The van der Waals surface area contributed by atoms with E-state index in [0.29, 0.717) is 0 Å². The smallest absolute Gasteiger partial charge is 0.282 e. The summed E-state index contributed by atoms with van der Waals surface area (Å²) < 4.78 is 0. The van der Waals surface area contributed by atoms with E-state index in [1.54, 1.807) is 12.4 Å². The fourth-order valence-electron chi connectivity index (χ4n) is 0.881. The minimum Gasteiger partial charge on any atom is -0.282 e. The molecule has 2 nitrogen and oxygen atoms in total. The molecule has 0 fully saturated rings. The maximum absolute atomic E-state index is 11.0. The molecule has 0 aliphatic carbocycles. The third-order valence-corrected chi connectivity index (χ3v) is 1.86. The number of unbranched alkanes of at least 4 members (excludes halogenated alkanes) is 2. The normalized spacial score (nSPS) is 11.3. The van der Waals surface area contributed by atoms with Gasteiger partial charge in [0.25, 0.3) is 0 Å². The van der Waals surface area contributed by atoms with Gasteiger partial charge in [-0.05, 0) is 25.5 Å². The lowest BCUT2D eigenvalue weighted by atomic mass is 10.3. The molecule has 0 unspecified atom stereocenters. The lowest BCUT2D eigenvalue weighted by molar-refractivity contribution is 0.249. The number of amides is 1. The molecule has 0 aliphatic heterocycles. The Morgan fingerprint density at radius 2 is 1.57 bits per heavy atom. The molecule has 0 rings (SSSR count). The number of allylic oxidation sites excluding steroid dienone is 2. The molecule has 0 aromatic heterocycles. The minimum absolute atomic E-state index is 0.357. The third-order valence-electron chi connectivity index (χ3n) is 1.65. The largest absolute Gasteiger partial charge is 0.321 e. The number of hydrogen-bond donors (Lipinski definition) is 0. The second-order valence-electron chi connectivity index (χ2n) is 3.02. The van der Waals surface area contributed by atoms with E-state index < -0.39 is 0 Å². The SMILES string of the molecule is CCCC=CN(C=CCCC)C(=O)[S]. The summed E-state index contributed by atoms with van der Waals surface area (Å²) in [6, 6.07) is 0. The summed E-state index contributed by atoms with van der Waals surface area (Å²) in [5.74, 6) is 0. The number of carbonyl (C=O) groups is 1. The van der Waals surface area contributed by atoms with Crippen molar-refractivity contribution in [1.82, 2.24) is 4.90 Å². The summed E-state index contributed by atoms with van der Waals surface area (Å²) in [5, 5.41) is -0.357. The topological polar surface area (TPSA) is 20.3 Å². The number of hydrogen-bond acceptors (Lipinski definition) is 1. The maximum atomic E-state index is 11.0. The highest BCUT2D eigenvalue weighted by Crippen LogP contribution is 2.02. The highest BCUT2D eigenvalue weighted by Gasteiger charge is 2.00. The van der Waals surface area contributed by atoms with E-state index in [0.717, 1.165) is 25.7 Å². The van der Waals surface area contributed by atoms with Gasteiger partial charge in [-0.2, -0.15) is 0 Å². The highest BCUT2D eigenvalue weighted by atomic mass is 32.1. The lowest BCUT2D eigenvalue weighted by Crippen LogP contribution is -2.11. The van der Waals surface area contributed by atoms with Crippen molar-refractivity contribution in [3.63, 3.8) is 0 Å². The molecule has 0 saturated carbocycles. The van der Waals surface area contributed by atoms with Gasteiger partial charge in [0.05, 0.1) is 0 Å². The minimum atomic E-state index is -0.357. The fourth-order valence-corrected chi connectivity index (χ4v) is 1.00. The molecule has 79 valence electrons. The molecular formula is C11H18NOS. The summed E-state index contributed by atoms with van der Waals surface area (Å²) in [6.07, 6.45) is 11.5. The summed E-state index contributed by atoms with van der Waals surface area (Å²) in [6.45, 7) is 4.19. The Morgan fingerprint density at radius 1 is 1.14 bits per heavy atom. The van der Waals surface area contributed by atoms with Gasteiger partial charge in [-0.25, -0.2) is 0 Å². The molecule has 0 aromatic rings. The highest BCUT2D eigenvalue weighted by molar-refractivity contribution is 7.96. The van der Waals surface area contributed by atoms with Crippen LogP contribution in [-0.4, -0.2) is 10.1 Å². The molecule has 1 amide bonds. The van der Waals surface area contributed by atoms with Crippen LogP contribution in [0.2, 0.25) is 0 Å². The Balaban J connectivity index is 4.08. The molecule has 3 heteroatoms. The molecule has 14 heavy (non-hydrogen) atoms. The van der Waals surface area contributed by atoms with Crippen molar-refractivity contribution >= 4 is 17.9 Å². The summed E-state index contributed by atoms with van der Waals surface area (Å²) in [4.78, 5) is 12.4. The van der Waals surface area contributed by atoms with Gasteiger partial charge >= 0.3 is 5.24 Å². The third kappa shape index (κ3) is 6.66. The fraction of sp³-hybridized carbons (Fsp3) is 0.545. The van der Waals surface area contributed by atoms with Crippen LogP contribution >= 0.6 is 12.6 Å². The summed E-state index contributed by atoms with van der Waals surface area (Å²) in [7, 11) is 0. The van der Waals surface area contributed by atoms with E-state index in [4.69, 9.17) is 0 Å². The second-order valence-corrected chi connectivity index (χ2v) is 3.37. The van der Waals surface area contributed by atoms with Gasteiger partial charge < -0.3 is 0 Å². The van der Waals surface area contributed by atoms with E-state index in [-0.39, 0.29) is 5.24 Å². The Morgan fingerprint density at radius 3 is 1.86 bits per heavy atom. The Bertz CT molecular complexity index is 195. The maximum Gasteiger partial charge on any atom is 0.321 e. The molecule has 0 heterocycles. The molecule has 0 aromatic carbocycles. The van der Waals surface area contributed by atoms with Crippen LogP contribution < -0.4 is 0 Å². The first-order valence-corrected chi connectivity index (χ1v) is 5.45. The van der Waals surface area contributed by atoms with E-state index in [9.17, 15) is 4.79 Å². The average molecular weight is 212 g/mol. The zero-order valence-electron chi connectivity index (χ0n) is 8.90. The van der Waals surface area contributed by atoms with E-state index >= 15 is 0 Å². The molecule has 0 saturated heterocycles. The van der Waals surface area contributed by atoms with E-state index in [2.05, 4.69) is 26.5 Å². The quantitative estimate of drug-likeness (QED) is 0.645. The van der Waals surface area contributed by atoms with Crippen LogP contribution in [0.3, 0.4) is 0 Å². The summed E-state index contributed by atoms with van der Waals surface area (Å²) >= 11 is 4.58. The number of carbonyl (C=O) groups excluding carboxylic acids is 1. The van der Waals surface area contributed by atoms with Gasteiger partial charge in [-0.15, -0.1) is 0 Å². The van der Waals surface area contributed by atoms with E-state index in [1.165, 1.54) is 4.90 Å². The first kappa shape index (κ1) is 13.2. The van der Waals surface area contributed by atoms with Crippen molar-refractivity contribution in [2.45, 2.75) is 39.5 Å². The molecule has 0 spiro atoms. The van der Waals surface area contributed by atoms with Crippen molar-refractivity contribution < 1.29 is 4.79 Å². The Kier molecular flexibility index (Phi) is 8.24. The van der Waals surface area contributed by atoms with Crippen molar-refractivity contribution in [3.8, 4) is 0 Å². The average Bonchev–Trinajstić information content (AvgIpc) is 2.15. The van der Waals surface area contributed by atoms with Crippen LogP contribution in [0.5, 0.6) is 0 Å².